The van der Waals surface area contributed by atoms with E-state index in [1.165, 1.54) is 0 Å². The van der Waals surface area contributed by atoms with E-state index in [2.05, 4.69) is 10.3 Å². The fourth-order valence-corrected chi connectivity index (χ4v) is 1.53. The molecule has 5 nitrogen and oxygen atoms in total. The second-order valence-electron chi connectivity index (χ2n) is 3.51. The van der Waals surface area contributed by atoms with Crippen LogP contribution in [0.25, 0.3) is 0 Å². The highest BCUT2D eigenvalue weighted by atomic mass is 35.5. The fourth-order valence-electron chi connectivity index (χ4n) is 1.22. The van der Waals surface area contributed by atoms with E-state index in [9.17, 15) is 10.1 Å². The molecule has 0 unspecified atom stereocenters. The summed E-state index contributed by atoms with van der Waals surface area (Å²) in [6.45, 7) is 5.53. The summed E-state index contributed by atoms with van der Waals surface area (Å²) in [5, 5.41) is 13.7. The summed E-state index contributed by atoms with van der Waals surface area (Å²) in [6.07, 6.45) is 0. The summed E-state index contributed by atoms with van der Waals surface area (Å²) in [4.78, 5) is 14.1. The van der Waals surface area contributed by atoms with Crippen LogP contribution in [0.1, 0.15) is 19.5 Å². The van der Waals surface area contributed by atoms with Crippen molar-refractivity contribution in [3.05, 3.63) is 27.0 Å². The third-order valence-electron chi connectivity index (χ3n) is 1.71. The molecular weight excluding hydrogens is 218 g/mol. The van der Waals surface area contributed by atoms with Crippen LogP contribution in [-0.4, -0.2) is 15.9 Å². The summed E-state index contributed by atoms with van der Waals surface area (Å²) in [7, 11) is 0. The third kappa shape index (κ3) is 2.79. The third-order valence-corrected chi connectivity index (χ3v) is 1.97. The predicted molar refractivity (Wildman–Crippen MR) is 59.4 cm³/mol. The van der Waals surface area contributed by atoms with Gasteiger partial charge in [0.15, 0.2) is 0 Å². The van der Waals surface area contributed by atoms with Gasteiger partial charge in [0.25, 0.3) is 0 Å². The first-order valence-corrected chi connectivity index (χ1v) is 4.87. The van der Waals surface area contributed by atoms with Gasteiger partial charge in [-0.1, -0.05) is 11.6 Å². The van der Waals surface area contributed by atoms with Gasteiger partial charge in [0.05, 0.1) is 4.92 Å². The number of aryl methyl sites for hydroxylation is 1. The van der Waals surface area contributed by atoms with Gasteiger partial charge < -0.3 is 5.32 Å². The van der Waals surface area contributed by atoms with Gasteiger partial charge in [-0.15, -0.1) is 0 Å². The van der Waals surface area contributed by atoms with Gasteiger partial charge in [-0.3, -0.25) is 10.1 Å². The smallest absolute Gasteiger partial charge is 0.329 e. The summed E-state index contributed by atoms with van der Waals surface area (Å²) in [5.74, 6) is 0. The molecule has 0 aliphatic carbocycles. The lowest BCUT2D eigenvalue weighted by molar-refractivity contribution is -0.384. The Morgan fingerprint density at radius 2 is 2.20 bits per heavy atom. The topological polar surface area (TPSA) is 68.1 Å². The first kappa shape index (κ1) is 11.7. The van der Waals surface area contributed by atoms with E-state index in [1.54, 1.807) is 13.0 Å². The second kappa shape index (κ2) is 4.44. The van der Waals surface area contributed by atoms with Crippen LogP contribution < -0.4 is 5.32 Å². The van der Waals surface area contributed by atoms with Crippen LogP contribution >= 0.6 is 11.6 Å². The molecule has 1 rings (SSSR count). The van der Waals surface area contributed by atoms with Crippen LogP contribution in [0, 0.1) is 17.0 Å². The Bertz CT molecular complexity index is 393. The van der Waals surface area contributed by atoms with E-state index in [-0.39, 0.29) is 16.9 Å². The Morgan fingerprint density at radius 3 is 2.67 bits per heavy atom. The Balaban J connectivity index is 3.27. The molecule has 0 fully saturated rings. The Morgan fingerprint density at radius 1 is 1.60 bits per heavy atom. The molecule has 0 aromatic carbocycles. The minimum Gasteiger partial charge on any atom is -0.377 e. The lowest BCUT2D eigenvalue weighted by atomic mass is 10.2. The molecule has 15 heavy (non-hydrogen) atoms. The predicted octanol–water partition coefficient (Wildman–Crippen LogP) is 2.77. The Kier molecular flexibility index (Phi) is 3.47. The molecule has 0 saturated heterocycles. The van der Waals surface area contributed by atoms with Crippen LogP contribution in [0.3, 0.4) is 0 Å². The van der Waals surface area contributed by atoms with Crippen molar-refractivity contribution in [2.75, 3.05) is 5.32 Å². The number of hydrogen-bond acceptors (Lipinski definition) is 4. The monoisotopic (exact) mass is 229 g/mol. The Labute approximate surface area is 92.6 Å². The van der Waals surface area contributed by atoms with Gasteiger partial charge >= 0.3 is 5.69 Å². The van der Waals surface area contributed by atoms with Crippen LogP contribution in [0.15, 0.2) is 6.07 Å². The lowest BCUT2D eigenvalue weighted by Crippen LogP contribution is -2.12. The molecule has 6 heteroatoms. The molecule has 1 heterocycles. The van der Waals surface area contributed by atoms with E-state index in [0.29, 0.717) is 11.4 Å². The molecule has 0 saturated carbocycles. The van der Waals surface area contributed by atoms with Gasteiger partial charge in [-0.2, -0.15) is 0 Å². The molecule has 0 bridgehead atoms. The number of halogens is 1. The van der Waals surface area contributed by atoms with Crippen molar-refractivity contribution in [2.24, 2.45) is 0 Å². The standard InChI is InChI=1S/C9H12ClN3O2/c1-5(2)11-7-4-6(3)12-9(10)8(7)13(14)15/h4-5H,1-3H3,(H,11,12). The number of nitrogens with one attached hydrogen (secondary N) is 1. The van der Waals surface area contributed by atoms with Crippen molar-refractivity contribution >= 4 is 23.0 Å². The van der Waals surface area contributed by atoms with Crippen molar-refractivity contribution in [3.63, 3.8) is 0 Å². The van der Waals surface area contributed by atoms with Gasteiger partial charge in [0.1, 0.15) is 5.69 Å². The average Bonchev–Trinajstić information content (AvgIpc) is 1.99. The number of nitrogens with zero attached hydrogens (tertiary/aromatic N) is 2. The van der Waals surface area contributed by atoms with Gasteiger partial charge in [-0.25, -0.2) is 4.98 Å². The number of anilines is 1. The minimum atomic E-state index is -0.528. The maximum absolute atomic E-state index is 10.8. The zero-order valence-corrected chi connectivity index (χ0v) is 9.50. The first-order chi connectivity index (χ1) is 6.91. The number of nitro groups is 1. The van der Waals surface area contributed by atoms with Crippen LogP contribution in [0.5, 0.6) is 0 Å². The zero-order valence-electron chi connectivity index (χ0n) is 8.74. The maximum Gasteiger partial charge on any atom is 0.329 e. The Hall–Kier alpha value is -1.36. The summed E-state index contributed by atoms with van der Waals surface area (Å²) in [6, 6.07) is 1.71. The van der Waals surface area contributed by atoms with E-state index in [1.807, 2.05) is 13.8 Å². The number of rotatable bonds is 3. The lowest BCUT2D eigenvalue weighted by Gasteiger charge is -2.11. The van der Waals surface area contributed by atoms with E-state index in [0.717, 1.165) is 0 Å². The average molecular weight is 230 g/mol. The first-order valence-electron chi connectivity index (χ1n) is 4.50. The normalized spacial score (nSPS) is 10.5. The van der Waals surface area contributed by atoms with E-state index < -0.39 is 4.92 Å². The molecule has 0 aliphatic rings. The number of pyridine rings is 1. The molecule has 82 valence electrons. The van der Waals surface area contributed by atoms with Crippen molar-refractivity contribution in [3.8, 4) is 0 Å². The molecule has 0 aliphatic heterocycles. The summed E-state index contributed by atoms with van der Waals surface area (Å²) in [5.41, 5.74) is 0.886. The van der Waals surface area contributed by atoms with Gasteiger partial charge in [0.2, 0.25) is 5.15 Å². The fraction of sp³-hybridized carbons (Fsp3) is 0.444. The molecule has 0 radical (unpaired) electrons. The second-order valence-corrected chi connectivity index (χ2v) is 3.86. The molecule has 1 aromatic heterocycles. The number of hydrogen-bond donors (Lipinski definition) is 1. The van der Waals surface area contributed by atoms with Gasteiger partial charge in [-0.05, 0) is 26.8 Å². The highest BCUT2D eigenvalue weighted by molar-refractivity contribution is 6.32. The molecular formula is C9H12ClN3O2. The van der Waals surface area contributed by atoms with Crippen molar-refractivity contribution < 1.29 is 4.92 Å². The zero-order chi connectivity index (χ0) is 11.6. The molecule has 1 N–H and O–H groups in total. The van der Waals surface area contributed by atoms with Crippen LogP contribution in [0.4, 0.5) is 11.4 Å². The SMILES string of the molecule is Cc1cc(NC(C)C)c([N+](=O)[O-])c(Cl)n1. The van der Waals surface area contributed by atoms with Crippen LogP contribution in [0.2, 0.25) is 5.15 Å². The molecule has 0 spiro atoms. The summed E-state index contributed by atoms with van der Waals surface area (Å²) < 4.78 is 0. The quantitative estimate of drug-likeness (QED) is 0.492. The molecule has 0 amide bonds. The molecule has 0 atom stereocenters. The molecule has 1 aromatic rings. The van der Waals surface area contributed by atoms with Crippen LogP contribution in [-0.2, 0) is 0 Å². The van der Waals surface area contributed by atoms with E-state index in [4.69, 9.17) is 11.6 Å². The number of aromatic nitrogens is 1. The van der Waals surface area contributed by atoms with Gasteiger partial charge in [0, 0.05) is 11.7 Å². The largest absolute Gasteiger partial charge is 0.377 e. The van der Waals surface area contributed by atoms with Crippen molar-refractivity contribution in [1.29, 1.82) is 0 Å². The highest BCUT2D eigenvalue weighted by Crippen LogP contribution is 2.31. The van der Waals surface area contributed by atoms with E-state index >= 15 is 0 Å². The summed E-state index contributed by atoms with van der Waals surface area (Å²) >= 11 is 5.72. The minimum absolute atomic E-state index is 0.0804. The maximum atomic E-state index is 10.8. The van der Waals surface area contributed by atoms with Crippen molar-refractivity contribution in [1.82, 2.24) is 4.98 Å². The van der Waals surface area contributed by atoms with Crippen molar-refractivity contribution in [2.45, 2.75) is 26.8 Å². The highest BCUT2D eigenvalue weighted by Gasteiger charge is 2.21.